The van der Waals surface area contributed by atoms with Crippen LogP contribution in [0, 0.1) is 5.95 Å². The molecule has 2 aromatic heterocycles. The normalized spacial score (nSPS) is 22.8. The molecule has 0 amide bonds. The molecular formula is C15H13F4N3O2. The maximum Gasteiger partial charge on any atom is 0.435 e. The van der Waals surface area contributed by atoms with Crippen molar-refractivity contribution in [1.82, 2.24) is 15.2 Å². The van der Waals surface area contributed by atoms with Gasteiger partial charge in [0.1, 0.15) is 0 Å². The van der Waals surface area contributed by atoms with E-state index in [1.807, 2.05) is 0 Å². The molecule has 0 unspecified atom stereocenters. The minimum atomic E-state index is -4.63. The first-order chi connectivity index (χ1) is 11.4. The molecule has 0 radical (unpaired) electrons. The van der Waals surface area contributed by atoms with E-state index < -0.39 is 29.5 Å². The number of hydrogen-bond donors (Lipinski definition) is 1. The van der Waals surface area contributed by atoms with E-state index in [0.717, 1.165) is 6.07 Å². The number of rotatable bonds is 1. The van der Waals surface area contributed by atoms with Crippen LogP contribution in [0.1, 0.15) is 41.3 Å². The molecule has 0 aromatic carbocycles. The summed E-state index contributed by atoms with van der Waals surface area (Å²) in [6.45, 7) is 0.600. The lowest BCUT2D eigenvalue weighted by atomic mass is 9.78. The van der Waals surface area contributed by atoms with Gasteiger partial charge in [-0.3, -0.25) is 5.10 Å². The molecule has 2 aliphatic rings. The van der Waals surface area contributed by atoms with Crippen molar-refractivity contribution in [2.45, 2.75) is 30.7 Å². The molecule has 128 valence electrons. The van der Waals surface area contributed by atoms with Crippen LogP contribution in [0.15, 0.2) is 18.3 Å². The molecule has 24 heavy (non-hydrogen) atoms. The fourth-order valence-electron chi connectivity index (χ4n) is 3.51. The zero-order valence-corrected chi connectivity index (χ0v) is 12.4. The van der Waals surface area contributed by atoms with E-state index in [1.54, 1.807) is 0 Å². The van der Waals surface area contributed by atoms with Crippen LogP contribution in [-0.2, 0) is 21.4 Å². The summed E-state index contributed by atoms with van der Waals surface area (Å²) in [6.07, 6.45) is -2.72. The Bertz CT molecular complexity index is 768. The van der Waals surface area contributed by atoms with Crippen LogP contribution in [-0.4, -0.2) is 28.4 Å². The summed E-state index contributed by atoms with van der Waals surface area (Å²) in [5.74, 6) is -2.63. The maximum atomic E-state index is 13.4. The summed E-state index contributed by atoms with van der Waals surface area (Å²) in [5.41, 5.74) is -0.469. The Labute approximate surface area is 134 Å². The molecule has 1 N–H and O–H groups in total. The van der Waals surface area contributed by atoms with E-state index in [4.69, 9.17) is 9.47 Å². The minimum absolute atomic E-state index is 0.0405. The van der Waals surface area contributed by atoms with Crippen LogP contribution >= 0.6 is 0 Å². The number of aromatic nitrogens is 3. The van der Waals surface area contributed by atoms with Gasteiger partial charge in [0.25, 0.3) is 0 Å². The minimum Gasteiger partial charge on any atom is -0.342 e. The van der Waals surface area contributed by atoms with Crippen LogP contribution in [0.4, 0.5) is 17.6 Å². The van der Waals surface area contributed by atoms with Crippen LogP contribution in [0.25, 0.3) is 0 Å². The highest BCUT2D eigenvalue weighted by Crippen LogP contribution is 2.51. The van der Waals surface area contributed by atoms with Crippen molar-refractivity contribution in [2.75, 3.05) is 13.2 Å². The summed E-state index contributed by atoms with van der Waals surface area (Å²) in [5, 5.41) is 5.92. The van der Waals surface area contributed by atoms with E-state index in [-0.39, 0.29) is 11.3 Å². The Morgan fingerprint density at radius 1 is 1.25 bits per heavy atom. The number of nitrogens with one attached hydrogen (secondary N) is 1. The molecule has 1 aliphatic carbocycles. The van der Waals surface area contributed by atoms with Crippen molar-refractivity contribution in [1.29, 1.82) is 0 Å². The molecule has 1 spiro atoms. The average Bonchev–Trinajstić information content (AvgIpc) is 3.15. The Balaban J connectivity index is 1.89. The zero-order valence-electron chi connectivity index (χ0n) is 12.4. The Morgan fingerprint density at radius 3 is 2.67 bits per heavy atom. The van der Waals surface area contributed by atoms with Crippen molar-refractivity contribution in [2.24, 2.45) is 0 Å². The number of pyridine rings is 1. The largest absolute Gasteiger partial charge is 0.435 e. The molecule has 5 nitrogen and oxygen atoms in total. The average molecular weight is 343 g/mol. The fraction of sp³-hybridized carbons (Fsp3) is 0.467. The second-order valence-corrected chi connectivity index (χ2v) is 5.81. The monoisotopic (exact) mass is 343 g/mol. The molecule has 9 heteroatoms. The molecule has 1 saturated heterocycles. The summed E-state index contributed by atoms with van der Waals surface area (Å²) in [4.78, 5) is 3.46. The third-order valence-electron chi connectivity index (χ3n) is 4.47. The van der Waals surface area contributed by atoms with Gasteiger partial charge in [-0.05, 0) is 24.1 Å². The van der Waals surface area contributed by atoms with Gasteiger partial charge in [-0.2, -0.15) is 22.7 Å². The third-order valence-corrected chi connectivity index (χ3v) is 4.47. The van der Waals surface area contributed by atoms with E-state index in [1.165, 1.54) is 12.3 Å². The topological polar surface area (TPSA) is 60.0 Å². The molecular weight excluding hydrogens is 330 g/mol. The number of nitrogens with zero attached hydrogens (tertiary/aromatic N) is 2. The summed E-state index contributed by atoms with van der Waals surface area (Å²) in [6, 6.07) is 2.66. The number of halogens is 4. The van der Waals surface area contributed by atoms with E-state index in [2.05, 4.69) is 15.2 Å². The lowest BCUT2D eigenvalue weighted by molar-refractivity contribution is -0.179. The highest BCUT2D eigenvalue weighted by atomic mass is 19.4. The summed E-state index contributed by atoms with van der Waals surface area (Å²) < 4.78 is 64.8. The van der Waals surface area contributed by atoms with Crippen molar-refractivity contribution >= 4 is 0 Å². The number of fused-ring (bicyclic) bond motifs is 2. The second kappa shape index (κ2) is 5.25. The Morgan fingerprint density at radius 2 is 2.00 bits per heavy atom. The molecule has 1 atom stereocenters. The van der Waals surface area contributed by atoms with Crippen molar-refractivity contribution in [3.63, 3.8) is 0 Å². The van der Waals surface area contributed by atoms with Crippen LogP contribution in [0.5, 0.6) is 0 Å². The number of ether oxygens (including phenoxy) is 2. The van der Waals surface area contributed by atoms with Gasteiger partial charge in [0.05, 0.1) is 18.9 Å². The second-order valence-electron chi connectivity index (χ2n) is 5.81. The molecule has 1 aliphatic heterocycles. The van der Waals surface area contributed by atoms with Crippen LogP contribution in [0.2, 0.25) is 0 Å². The lowest BCUT2D eigenvalue weighted by Crippen LogP contribution is -2.34. The van der Waals surface area contributed by atoms with Crippen molar-refractivity contribution in [3.8, 4) is 0 Å². The standard InChI is InChI=1S/C15H13F4N3O2/c16-10-7-8(2-4-20-10)9-1-3-14(23-5-6-24-14)12-11(9)13(22-21-12)15(17,18)19/h2,4,7,9H,1,3,5-6H2,(H,21,22)/t9-/m1/s1. The van der Waals surface area contributed by atoms with Gasteiger partial charge in [-0.15, -0.1) is 0 Å². The number of hydrogen-bond acceptors (Lipinski definition) is 4. The van der Waals surface area contributed by atoms with Crippen molar-refractivity contribution < 1.29 is 27.0 Å². The predicted molar refractivity (Wildman–Crippen MR) is 72.4 cm³/mol. The van der Waals surface area contributed by atoms with Crippen LogP contribution < -0.4 is 0 Å². The van der Waals surface area contributed by atoms with Crippen molar-refractivity contribution in [3.05, 3.63) is 46.8 Å². The highest BCUT2D eigenvalue weighted by Gasteiger charge is 2.51. The highest BCUT2D eigenvalue weighted by molar-refractivity contribution is 5.43. The van der Waals surface area contributed by atoms with Gasteiger partial charge in [0.15, 0.2) is 5.69 Å². The van der Waals surface area contributed by atoms with Gasteiger partial charge in [-0.25, -0.2) is 4.98 Å². The van der Waals surface area contributed by atoms with Crippen LogP contribution in [0.3, 0.4) is 0 Å². The van der Waals surface area contributed by atoms with E-state index >= 15 is 0 Å². The quantitative estimate of drug-likeness (QED) is 0.639. The van der Waals surface area contributed by atoms with E-state index in [9.17, 15) is 17.6 Å². The molecule has 0 bridgehead atoms. The molecule has 4 rings (SSSR count). The van der Waals surface area contributed by atoms with Gasteiger partial charge < -0.3 is 9.47 Å². The molecule has 0 saturated carbocycles. The fourth-order valence-corrected chi connectivity index (χ4v) is 3.51. The van der Waals surface area contributed by atoms with Gasteiger partial charge in [0, 0.05) is 24.1 Å². The number of H-pyrrole nitrogens is 1. The first-order valence-corrected chi connectivity index (χ1v) is 7.46. The van der Waals surface area contributed by atoms with Gasteiger partial charge in [0.2, 0.25) is 11.7 Å². The lowest BCUT2D eigenvalue weighted by Gasteiger charge is -2.35. The molecule has 3 heterocycles. The number of aromatic amines is 1. The summed E-state index contributed by atoms with van der Waals surface area (Å²) in [7, 11) is 0. The first kappa shape index (κ1) is 15.5. The first-order valence-electron chi connectivity index (χ1n) is 7.46. The Kier molecular flexibility index (Phi) is 3.40. The Hall–Kier alpha value is -2.00. The maximum absolute atomic E-state index is 13.4. The number of alkyl halides is 3. The predicted octanol–water partition coefficient (Wildman–Crippen LogP) is 3.09. The smallest absolute Gasteiger partial charge is 0.342 e. The summed E-state index contributed by atoms with van der Waals surface area (Å²) >= 11 is 0. The molecule has 2 aromatic rings. The SMILES string of the molecule is Fc1cc([C@H]2CCC3(OCCO3)c3[nH]nc(C(F)(F)F)c32)ccn1. The third kappa shape index (κ3) is 2.30. The zero-order chi connectivity index (χ0) is 16.9. The molecule has 1 fully saturated rings. The van der Waals surface area contributed by atoms with E-state index in [0.29, 0.717) is 31.6 Å². The van der Waals surface area contributed by atoms with Gasteiger partial charge >= 0.3 is 6.18 Å². The van der Waals surface area contributed by atoms with Gasteiger partial charge in [-0.1, -0.05) is 0 Å².